The number of fused-ring (bicyclic) bond motifs is 1. The van der Waals surface area contributed by atoms with Gasteiger partial charge in [-0.15, -0.1) is 11.6 Å². The van der Waals surface area contributed by atoms with Gasteiger partial charge in [0.25, 0.3) is 0 Å². The average molecular weight is 327 g/mol. The fourth-order valence-corrected chi connectivity index (χ4v) is 2.91. The first-order valence-electron chi connectivity index (χ1n) is 6.55. The lowest BCUT2D eigenvalue weighted by Gasteiger charge is -2.21. The Labute approximate surface area is 132 Å². The SMILES string of the molecule is Cc1cc(C(Cl)c2cc3c(cc2Cl)OCCO3)ccc1F. The van der Waals surface area contributed by atoms with E-state index >= 15 is 0 Å². The molecule has 3 rings (SSSR count). The molecule has 1 atom stereocenters. The Kier molecular flexibility index (Phi) is 3.96. The van der Waals surface area contributed by atoms with Crippen LogP contribution in [0.3, 0.4) is 0 Å². The van der Waals surface area contributed by atoms with Crippen molar-refractivity contribution < 1.29 is 13.9 Å². The third kappa shape index (κ3) is 2.81. The van der Waals surface area contributed by atoms with E-state index in [1.165, 1.54) is 6.07 Å². The molecule has 0 fully saturated rings. The molecule has 2 aromatic carbocycles. The number of hydrogen-bond acceptors (Lipinski definition) is 2. The molecule has 0 saturated heterocycles. The number of alkyl halides is 1. The number of rotatable bonds is 2. The molecule has 0 aliphatic carbocycles. The lowest BCUT2D eigenvalue weighted by molar-refractivity contribution is 0.171. The molecule has 1 aliphatic heterocycles. The van der Waals surface area contributed by atoms with Gasteiger partial charge in [-0.1, -0.05) is 23.7 Å². The minimum absolute atomic E-state index is 0.254. The molecular formula is C16H13Cl2FO2. The number of benzene rings is 2. The first-order chi connectivity index (χ1) is 10.1. The van der Waals surface area contributed by atoms with Gasteiger partial charge in [-0.3, -0.25) is 0 Å². The van der Waals surface area contributed by atoms with Crippen molar-refractivity contribution in [3.05, 3.63) is 57.9 Å². The Balaban J connectivity index is 2.00. The van der Waals surface area contributed by atoms with Crippen molar-refractivity contribution in [1.82, 2.24) is 0 Å². The zero-order valence-corrected chi connectivity index (χ0v) is 12.8. The largest absolute Gasteiger partial charge is 0.486 e. The Morgan fingerprint density at radius 2 is 1.76 bits per heavy atom. The van der Waals surface area contributed by atoms with Gasteiger partial charge in [0, 0.05) is 11.1 Å². The van der Waals surface area contributed by atoms with Crippen LogP contribution in [0.2, 0.25) is 5.02 Å². The summed E-state index contributed by atoms with van der Waals surface area (Å²) in [6, 6.07) is 8.28. The predicted octanol–water partition coefficient (Wildman–Crippen LogP) is 4.89. The van der Waals surface area contributed by atoms with Gasteiger partial charge in [0.15, 0.2) is 11.5 Å². The normalized spacial score (nSPS) is 14.9. The average Bonchev–Trinajstić information content (AvgIpc) is 2.48. The monoisotopic (exact) mass is 326 g/mol. The van der Waals surface area contributed by atoms with Crippen LogP contribution in [0.25, 0.3) is 0 Å². The topological polar surface area (TPSA) is 18.5 Å². The summed E-state index contributed by atoms with van der Waals surface area (Å²) in [5.41, 5.74) is 2.05. The standard InChI is InChI=1S/C16H13Cl2FO2/c1-9-6-10(2-3-13(9)19)16(18)11-7-14-15(8-12(11)17)21-5-4-20-14/h2-3,6-8,16H,4-5H2,1H3. The zero-order chi connectivity index (χ0) is 15.0. The Morgan fingerprint density at radius 3 is 2.43 bits per heavy atom. The first-order valence-corrected chi connectivity index (χ1v) is 7.37. The van der Waals surface area contributed by atoms with Crippen molar-refractivity contribution in [2.45, 2.75) is 12.3 Å². The van der Waals surface area contributed by atoms with Gasteiger partial charge in [-0.2, -0.15) is 0 Å². The summed E-state index contributed by atoms with van der Waals surface area (Å²) < 4.78 is 24.4. The summed E-state index contributed by atoms with van der Waals surface area (Å²) in [5.74, 6) is 0.996. The number of halogens is 3. The van der Waals surface area contributed by atoms with Crippen molar-refractivity contribution in [3.8, 4) is 11.5 Å². The highest BCUT2D eigenvalue weighted by atomic mass is 35.5. The van der Waals surface area contributed by atoms with Crippen LogP contribution in [-0.2, 0) is 0 Å². The summed E-state index contributed by atoms with van der Waals surface area (Å²) in [4.78, 5) is 0. The highest BCUT2D eigenvalue weighted by molar-refractivity contribution is 6.33. The predicted molar refractivity (Wildman–Crippen MR) is 81.3 cm³/mol. The summed E-state index contributed by atoms with van der Waals surface area (Å²) in [6.45, 7) is 2.70. The second-order valence-electron chi connectivity index (χ2n) is 4.89. The fraction of sp³-hybridized carbons (Fsp3) is 0.250. The number of hydrogen-bond donors (Lipinski definition) is 0. The Bertz CT molecular complexity index is 688. The van der Waals surface area contributed by atoms with Crippen LogP contribution >= 0.6 is 23.2 Å². The molecule has 0 bridgehead atoms. The fourth-order valence-electron chi connectivity index (χ4n) is 2.28. The molecule has 2 aromatic rings. The second-order valence-corrected chi connectivity index (χ2v) is 5.73. The van der Waals surface area contributed by atoms with Gasteiger partial charge in [0.2, 0.25) is 0 Å². The van der Waals surface area contributed by atoms with Gasteiger partial charge in [-0.25, -0.2) is 4.39 Å². The Hall–Kier alpha value is -1.45. The molecule has 0 saturated carbocycles. The van der Waals surface area contributed by atoms with Crippen LogP contribution in [0, 0.1) is 12.7 Å². The van der Waals surface area contributed by atoms with E-state index in [4.69, 9.17) is 32.7 Å². The Morgan fingerprint density at radius 1 is 1.10 bits per heavy atom. The quantitative estimate of drug-likeness (QED) is 0.732. The second kappa shape index (κ2) is 5.74. The molecular weight excluding hydrogens is 314 g/mol. The van der Waals surface area contributed by atoms with E-state index < -0.39 is 5.38 Å². The maximum atomic E-state index is 13.4. The van der Waals surface area contributed by atoms with Crippen molar-refractivity contribution in [1.29, 1.82) is 0 Å². The van der Waals surface area contributed by atoms with E-state index in [2.05, 4.69) is 0 Å². The zero-order valence-electron chi connectivity index (χ0n) is 11.3. The van der Waals surface area contributed by atoms with E-state index in [-0.39, 0.29) is 5.82 Å². The van der Waals surface area contributed by atoms with E-state index in [1.807, 2.05) is 0 Å². The summed E-state index contributed by atoms with van der Waals surface area (Å²) in [7, 11) is 0. The number of aryl methyl sites for hydroxylation is 1. The van der Waals surface area contributed by atoms with E-state index in [0.717, 1.165) is 5.56 Å². The maximum Gasteiger partial charge on any atom is 0.162 e. The van der Waals surface area contributed by atoms with Crippen LogP contribution in [-0.4, -0.2) is 13.2 Å². The number of ether oxygens (including phenoxy) is 2. The van der Waals surface area contributed by atoms with E-state index in [1.54, 1.807) is 31.2 Å². The van der Waals surface area contributed by atoms with Crippen molar-refractivity contribution >= 4 is 23.2 Å². The van der Waals surface area contributed by atoms with E-state index in [9.17, 15) is 4.39 Å². The molecule has 1 heterocycles. The van der Waals surface area contributed by atoms with Crippen molar-refractivity contribution in [2.24, 2.45) is 0 Å². The molecule has 1 unspecified atom stereocenters. The molecule has 0 amide bonds. The molecule has 0 N–H and O–H groups in total. The highest BCUT2D eigenvalue weighted by Crippen LogP contribution is 2.41. The molecule has 0 spiro atoms. The minimum atomic E-state index is -0.479. The van der Waals surface area contributed by atoms with Crippen LogP contribution < -0.4 is 9.47 Å². The first kappa shape index (κ1) is 14.5. The molecule has 110 valence electrons. The minimum Gasteiger partial charge on any atom is -0.486 e. The van der Waals surface area contributed by atoms with Crippen LogP contribution in [0.5, 0.6) is 11.5 Å². The van der Waals surface area contributed by atoms with E-state index in [0.29, 0.717) is 40.9 Å². The molecule has 0 radical (unpaired) electrons. The third-order valence-electron chi connectivity index (χ3n) is 3.41. The molecule has 5 heteroatoms. The summed E-state index contributed by atoms with van der Waals surface area (Å²) in [5, 5.41) is 0.0221. The van der Waals surface area contributed by atoms with Gasteiger partial charge < -0.3 is 9.47 Å². The van der Waals surface area contributed by atoms with Gasteiger partial charge in [-0.05, 0) is 35.7 Å². The molecule has 21 heavy (non-hydrogen) atoms. The summed E-state index contributed by atoms with van der Waals surface area (Å²) in [6.07, 6.45) is 0. The maximum absolute atomic E-state index is 13.4. The van der Waals surface area contributed by atoms with Crippen molar-refractivity contribution in [2.75, 3.05) is 13.2 Å². The lowest BCUT2D eigenvalue weighted by atomic mass is 10.0. The lowest BCUT2D eigenvalue weighted by Crippen LogP contribution is -2.15. The van der Waals surface area contributed by atoms with Crippen LogP contribution in [0.15, 0.2) is 30.3 Å². The third-order valence-corrected chi connectivity index (χ3v) is 4.22. The van der Waals surface area contributed by atoms with Gasteiger partial charge in [0.1, 0.15) is 19.0 Å². The smallest absolute Gasteiger partial charge is 0.162 e. The summed E-state index contributed by atoms with van der Waals surface area (Å²) >= 11 is 12.8. The van der Waals surface area contributed by atoms with Crippen LogP contribution in [0.1, 0.15) is 22.1 Å². The molecule has 0 aromatic heterocycles. The van der Waals surface area contributed by atoms with Crippen molar-refractivity contribution in [3.63, 3.8) is 0 Å². The highest BCUT2D eigenvalue weighted by Gasteiger charge is 2.21. The molecule has 1 aliphatic rings. The van der Waals surface area contributed by atoms with Crippen LogP contribution in [0.4, 0.5) is 4.39 Å². The van der Waals surface area contributed by atoms with Gasteiger partial charge >= 0.3 is 0 Å². The molecule has 2 nitrogen and oxygen atoms in total. The van der Waals surface area contributed by atoms with Gasteiger partial charge in [0.05, 0.1) is 5.38 Å².